The third-order valence-electron chi connectivity index (χ3n) is 14.0. The molecule has 12 rings (SSSR count). The third kappa shape index (κ3) is 5.26. The van der Waals surface area contributed by atoms with E-state index >= 15 is 0 Å². The number of hydrogen-bond donors (Lipinski definition) is 0. The van der Waals surface area contributed by atoms with Gasteiger partial charge in [0.15, 0.2) is 8.07 Å². The maximum atomic E-state index is 2.57. The van der Waals surface area contributed by atoms with Crippen LogP contribution < -0.4 is 36.3 Å². The predicted molar refractivity (Wildman–Crippen MR) is 265 cm³/mol. The second-order valence-electron chi connectivity index (χ2n) is 17.0. The van der Waals surface area contributed by atoms with Gasteiger partial charge in [0.2, 0.25) is 0 Å². The molecule has 0 aromatic heterocycles. The topological polar surface area (TPSA) is 0 Å². The Kier molecular flexibility index (Phi) is 8.52. The summed E-state index contributed by atoms with van der Waals surface area (Å²) in [4.78, 5) is 5.56. The van der Waals surface area contributed by atoms with Crippen molar-refractivity contribution in [1.29, 1.82) is 0 Å². The van der Waals surface area contributed by atoms with Crippen molar-refractivity contribution in [3.63, 3.8) is 0 Å². The minimum absolute atomic E-state index is 0.339. The van der Waals surface area contributed by atoms with E-state index in [0.717, 1.165) is 0 Å². The van der Waals surface area contributed by atoms with E-state index in [1.165, 1.54) is 94.8 Å². The first kappa shape index (κ1) is 36.9. The highest BCUT2D eigenvalue weighted by atomic mass is 32.2. The van der Waals surface area contributed by atoms with Crippen LogP contribution in [0.4, 0.5) is 0 Å². The number of rotatable bonds is 5. The second kappa shape index (κ2) is 14.1. The van der Waals surface area contributed by atoms with E-state index in [1.807, 2.05) is 23.5 Å². The van der Waals surface area contributed by atoms with E-state index in [9.17, 15) is 0 Å². The Bertz CT molecular complexity index is 3130. The van der Waals surface area contributed by atoms with Gasteiger partial charge in [0.05, 0.1) is 0 Å². The molecule has 0 nitrogen and oxygen atoms in total. The summed E-state index contributed by atoms with van der Waals surface area (Å²) in [5.41, 5.74) is 9.08. The normalized spacial score (nSPS) is 18.8. The molecule has 3 aliphatic rings. The number of hydrogen-bond acceptors (Lipinski definition) is 2. The van der Waals surface area contributed by atoms with Gasteiger partial charge in [0, 0.05) is 30.6 Å². The maximum absolute atomic E-state index is 2.70. The lowest BCUT2D eigenvalue weighted by Gasteiger charge is -2.40. The van der Waals surface area contributed by atoms with Gasteiger partial charge in [0.1, 0.15) is 8.07 Å². The quantitative estimate of drug-likeness (QED) is 0.158. The Balaban J connectivity index is 1.09. The van der Waals surface area contributed by atoms with Crippen molar-refractivity contribution in [1.82, 2.24) is 0 Å². The predicted octanol–water partition coefficient (Wildman–Crippen LogP) is 10.1. The Morgan fingerprint density at radius 2 is 0.918 bits per heavy atom. The fourth-order valence-corrected chi connectivity index (χ4v) is 24.4. The average molecular weight is 847 g/mol. The van der Waals surface area contributed by atoms with Crippen LogP contribution >= 0.6 is 23.5 Å². The van der Waals surface area contributed by atoms with Crippen LogP contribution in [-0.2, 0) is 5.41 Å². The van der Waals surface area contributed by atoms with Crippen molar-refractivity contribution in [2.75, 3.05) is 0 Å². The molecule has 0 saturated carbocycles. The van der Waals surface area contributed by atoms with E-state index in [-0.39, 0.29) is 5.41 Å². The zero-order chi connectivity index (χ0) is 40.8. The van der Waals surface area contributed by atoms with Gasteiger partial charge in [-0.2, -0.15) is 0 Å². The Hall–Kier alpha value is -5.89. The van der Waals surface area contributed by atoms with Gasteiger partial charge < -0.3 is 0 Å². The van der Waals surface area contributed by atoms with Crippen LogP contribution in [0.5, 0.6) is 0 Å². The molecule has 2 heterocycles. The summed E-state index contributed by atoms with van der Waals surface area (Å²) in [5, 5.41) is 10.3. The third-order valence-corrected chi connectivity index (χ3v) is 26.5. The van der Waals surface area contributed by atoms with Crippen LogP contribution in [0.1, 0.15) is 23.6 Å². The Labute approximate surface area is 369 Å². The highest BCUT2D eigenvalue weighted by molar-refractivity contribution is 8.00. The van der Waals surface area contributed by atoms with Gasteiger partial charge in [-0.1, -0.05) is 224 Å². The molecule has 4 heteroatoms. The largest absolute Gasteiger partial charge is 0.181 e. The van der Waals surface area contributed by atoms with Crippen molar-refractivity contribution in [2.24, 2.45) is 0 Å². The molecule has 61 heavy (non-hydrogen) atoms. The van der Waals surface area contributed by atoms with Crippen LogP contribution in [-0.4, -0.2) is 16.1 Å². The summed E-state index contributed by atoms with van der Waals surface area (Å²) in [6.07, 6.45) is 0. The molecule has 0 amide bonds. The van der Waals surface area contributed by atoms with Crippen molar-refractivity contribution < 1.29 is 0 Å². The molecule has 0 fully saturated rings. The zero-order valence-corrected chi connectivity index (χ0v) is 37.7. The van der Waals surface area contributed by atoms with Crippen LogP contribution in [0.2, 0.25) is 6.55 Å². The fourth-order valence-electron chi connectivity index (χ4n) is 11.0. The molecular formula is C57H42S2Si2. The van der Waals surface area contributed by atoms with Gasteiger partial charge in [-0.25, -0.2) is 0 Å². The number of benzene rings is 9. The molecule has 1 aliphatic carbocycles. The van der Waals surface area contributed by atoms with Crippen LogP contribution in [0.25, 0.3) is 22.3 Å². The lowest BCUT2D eigenvalue weighted by molar-refractivity contribution is 0.713. The van der Waals surface area contributed by atoms with Crippen molar-refractivity contribution >= 4 is 76.0 Å². The van der Waals surface area contributed by atoms with E-state index < -0.39 is 16.1 Å². The summed E-state index contributed by atoms with van der Waals surface area (Å²) in [6.45, 7) is 5.05. The molecule has 9 aromatic carbocycles. The minimum atomic E-state index is -2.70. The molecule has 0 bridgehead atoms. The molecule has 0 N–H and O–H groups in total. The van der Waals surface area contributed by atoms with Crippen molar-refractivity contribution in [3.05, 3.63) is 235 Å². The van der Waals surface area contributed by atoms with E-state index in [0.29, 0.717) is 0 Å². The van der Waals surface area contributed by atoms with Crippen LogP contribution in [0.15, 0.2) is 238 Å². The lowest BCUT2D eigenvalue weighted by atomic mass is 9.74. The summed E-state index contributed by atoms with van der Waals surface area (Å²) in [7, 11) is -5.04. The van der Waals surface area contributed by atoms with Gasteiger partial charge in [-0.05, 0) is 101 Å². The summed E-state index contributed by atoms with van der Waals surface area (Å²) in [6, 6.07) is 83.5. The minimum Gasteiger partial charge on any atom is -0.0903 e. The Morgan fingerprint density at radius 1 is 0.393 bits per heavy atom. The molecule has 0 spiro atoms. The standard InChI is InChI=1S/C57H42S2Si2/c1-57(41-19-7-3-8-20-41)46-34-36-53-56(59-48-27-15-17-29-51(48)60(53,2)42-21-9-4-10-22-42)55(46)45-33-31-39(37-47(45)57)40-32-35-50-54(38-40)61(43-23-11-5-12-24-43,44-25-13-6-14-26-44)52-30-18-16-28-49(52)58-50/h3-38H,1-2H3. The highest BCUT2D eigenvalue weighted by Gasteiger charge is 2.49. The summed E-state index contributed by atoms with van der Waals surface area (Å²) < 4.78 is 0. The fraction of sp³-hybridized carbons (Fsp3) is 0.0526. The Morgan fingerprint density at radius 3 is 1.59 bits per heavy atom. The van der Waals surface area contributed by atoms with Crippen LogP contribution in [0.3, 0.4) is 0 Å². The molecular weight excluding hydrogens is 805 g/mol. The molecule has 0 radical (unpaired) electrons. The first-order valence-corrected chi connectivity index (χ1v) is 27.4. The van der Waals surface area contributed by atoms with Gasteiger partial charge in [-0.15, -0.1) is 0 Å². The smallest absolute Gasteiger partial charge is 0.0903 e. The van der Waals surface area contributed by atoms with E-state index in [1.54, 1.807) is 0 Å². The van der Waals surface area contributed by atoms with Crippen molar-refractivity contribution in [2.45, 2.75) is 38.5 Å². The molecule has 2 unspecified atom stereocenters. The summed E-state index contributed by atoms with van der Waals surface area (Å²) >= 11 is 3.92. The first-order chi connectivity index (χ1) is 30.0. The molecule has 0 saturated heterocycles. The zero-order valence-electron chi connectivity index (χ0n) is 34.1. The van der Waals surface area contributed by atoms with Crippen LogP contribution in [0, 0.1) is 0 Å². The molecule has 290 valence electrons. The van der Waals surface area contributed by atoms with Crippen molar-refractivity contribution in [3.8, 4) is 22.3 Å². The van der Waals surface area contributed by atoms with Gasteiger partial charge >= 0.3 is 0 Å². The maximum Gasteiger partial charge on any atom is 0.181 e. The molecule has 2 aliphatic heterocycles. The SMILES string of the molecule is CC1(c2ccccc2)c2cc(-c3ccc4c(c3)[Si](c3ccccc3)(c3ccccc3)c3ccccc3S4)ccc2-c2c1ccc1c2Sc2ccccc2[Si]1(C)c1ccccc1. The van der Waals surface area contributed by atoms with Gasteiger partial charge in [-0.3, -0.25) is 0 Å². The van der Waals surface area contributed by atoms with E-state index in [2.05, 4.69) is 232 Å². The average Bonchev–Trinajstić information content (AvgIpc) is 3.60. The highest BCUT2D eigenvalue weighted by Crippen LogP contribution is 2.56. The second-order valence-corrected chi connectivity index (χ2v) is 26.8. The van der Waals surface area contributed by atoms with Gasteiger partial charge in [0.25, 0.3) is 0 Å². The molecule has 2 atom stereocenters. The number of fused-ring (bicyclic) bond motifs is 8. The van der Waals surface area contributed by atoms with E-state index in [4.69, 9.17) is 0 Å². The first-order valence-electron chi connectivity index (χ1n) is 21.3. The monoisotopic (exact) mass is 846 g/mol. The summed E-state index contributed by atoms with van der Waals surface area (Å²) in [5.74, 6) is 0. The lowest BCUT2D eigenvalue weighted by Crippen LogP contribution is -2.76. The molecule has 9 aromatic rings.